The third-order valence-corrected chi connectivity index (χ3v) is 11.2. The lowest BCUT2D eigenvalue weighted by Gasteiger charge is -2.27. The lowest BCUT2D eigenvalue weighted by Crippen LogP contribution is -2.10. The van der Waals surface area contributed by atoms with E-state index >= 15 is 0 Å². The van der Waals surface area contributed by atoms with E-state index in [1.54, 1.807) is 0 Å². The number of furan rings is 1. The SMILES string of the molecule is c1ccc2cc(N(c3ccc4c(c3)oc3cccc(-c5nc6c(ccc7ccccc76)o5)c34)c3cccc4c3ccc3c5ccccc5ccc43)ccc2c1. The summed E-state index contributed by atoms with van der Waals surface area (Å²) >= 11 is 0. The highest BCUT2D eigenvalue weighted by Crippen LogP contribution is 2.45. The third kappa shape index (κ3) is 4.55. The van der Waals surface area contributed by atoms with Crippen LogP contribution in [0.5, 0.6) is 0 Å². The second-order valence-corrected chi connectivity index (χ2v) is 14.3. The van der Waals surface area contributed by atoms with Crippen LogP contribution in [0.4, 0.5) is 17.1 Å². The Morgan fingerprint density at radius 2 is 0.982 bits per heavy atom. The van der Waals surface area contributed by atoms with Gasteiger partial charge in [-0.3, -0.25) is 0 Å². The average molecular weight is 703 g/mol. The van der Waals surface area contributed by atoms with Crippen LogP contribution in [0.15, 0.2) is 191 Å². The summed E-state index contributed by atoms with van der Waals surface area (Å²) in [6.45, 7) is 0. The first-order chi connectivity index (χ1) is 27.2. The molecule has 2 aromatic heterocycles. The van der Waals surface area contributed by atoms with Gasteiger partial charge in [-0.15, -0.1) is 0 Å². The van der Waals surface area contributed by atoms with E-state index < -0.39 is 0 Å². The molecule has 256 valence electrons. The lowest BCUT2D eigenvalue weighted by molar-refractivity contribution is 0.620. The molecule has 0 amide bonds. The van der Waals surface area contributed by atoms with Gasteiger partial charge in [0.2, 0.25) is 5.89 Å². The average Bonchev–Trinajstić information content (AvgIpc) is 3.86. The van der Waals surface area contributed by atoms with Crippen molar-refractivity contribution >= 4 is 104 Å². The summed E-state index contributed by atoms with van der Waals surface area (Å²) in [7, 11) is 0. The van der Waals surface area contributed by atoms with E-state index in [2.05, 4.69) is 157 Å². The molecule has 0 saturated heterocycles. The Morgan fingerprint density at radius 3 is 1.89 bits per heavy atom. The van der Waals surface area contributed by atoms with Crippen molar-refractivity contribution in [3.8, 4) is 11.5 Å². The van der Waals surface area contributed by atoms with Gasteiger partial charge >= 0.3 is 0 Å². The van der Waals surface area contributed by atoms with E-state index in [4.69, 9.17) is 13.8 Å². The lowest BCUT2D eigenvalue weighted by atomic mass is 9.96. The van der Waals surface area contributed by atoms with Gasteiger partial charge in [0.25, 0.3) is 0 Å². The zero-order chi connectivity index (χ0) is 36.0. The normalized spacial score (nSPS) is 12.0. The predicted molar refractivity (Wildman–Crippen MR) is 229 cm³/mol. The quantitative estimate of drug-likeness (QED) is 0.171. The summed E-state index contributed by atoms with van der Waals surface area (Å²) < 4.78 is 13.1. The number of nitrogens with zero attached hydrogens (tertiary/aromatic N) is 2. The molecule has 0 aliphatic heterocycles. The molecule has 0 atom stereocenters. The number of benzene rings is 10. The van der Waals surface area contributed by atoms with Gasteiger partial charge in [0.15, 0.2) is 5.58 Å². The maximum atomic E-state index is 6.68. The van der Waals surface area contributed by atoms with Crippen molar-refractivity contribution in [1.29, 1.82) is 0 Å². The van der Waals surface area contributed by atoms with Gasteiger partial charge in [-0.2, -0.15) is 0 Å². The molecule has 0 aliphatic carbocycles. The second-order valence-electron chi connectivity index (χ2n) is 14.3. The number of rotatable bonds is 4. The highest BCUT2D eigenvalue weighted by molar-refractivity contribution is 6.20. The molecular weight excluding hydrogens is 673 g/mol. The van der Waals surface area contributed by atoms with E-state index in [-0.39, 0.29) is 0 Å². The molecule has 4 heteroatoms. The summed E-state index contributed by atoms with van der Waals surface area (Å²) in [4.78, 5) is 7.41. The molecule has 10 aromatic carbocycles. The fourth-order valence-electron chi connectivity index (χ4n) is 8.69. The molecule has 0 spiro atoms. The Kier molecular flexibility index (Phi) is 6.31. The summed E-state index contributed by atoms with van der Waals surface area (Å²) in [6, 6.07) is 64.6. The Labute approximate surface area is 315 Å². The fraction of sp³-hybridized carbons (Fsp3) is 0. The van der Waals surface area contributed by atoms with Crippen molar-refractivity contribution in [2.75, 3.05) is 4.90 Å². The van der Waals surface area contributed by atoms with Crippen LogP contribution in [0.25, 0.3) is 98.4 Å². The Hall–Kier alpha value is -7.43. The van der Waals surface area contributed by atoms with E-state index in [1.165, 1.54) is 43.1 Å². The largest absolute Gasteiger partial charge is 0.456 e. The van der Waals surface area contributed by atoms with Gasteiger partial charge in [-0.05, 0) is 91.6 Å². The minimum absolute atomic E-state index is 0.581. The highest BCUT2D eigenvalue weighted by atomic mass is 16.3. The molecule has 55 heavy (non-hydrogen) atoms. The van der Waals surface area contributed by atoms with Gasteiger partial charge in [0, 0.05) is 44.5 Å². The van der Waals surface area contributed by atoms with Crippen LogP contribution in [0.1, 0.15) is 0 Å². The Balaban J connectivity index is 1.07. The highest BCUT2D eigenvalue weighted by Gasteiger charge is 2.21. The third-order valence-electron chi connectivity index (χ3n) is 11.2. The molecule has 2 heterocycles. The number of anilines is 3. The fourth-order valence-corrected chi connectivity index (χ4v) is 8.69. The molecule has 12 aromatic rings. The first kappa shape index (κ1) is 30.1. The Morgan fingerprint density at radius 1 is 0.364 bits per heavy atom. The molecule has 0 bridgehead atoms. The van der Waals surface area contributed by atoms with Crippen molar-refractivity contribution in [3.05, 3.63) is 182 Å². The number of aromatic nitrogens is 1. The standard InChI is InChI=1S/C51H30N2O2/c1-2-12-34-29-35(22-19-31(34)9-1)53(45-17-7-15-39-41-24-20-32-10-3-5-13-37(32)40(41)26-27-42(39)45)36-23-25-43-48(30-36)54-46-18-8-16-44(49(43)46)51-52-50-38-14-6-4-11-33(38)21-28-47(50)55-51/h1-30H. The molecule has 0 radical (unpaired) electrons. The molecule has 4 nitrogen and oxygen atoms in total. The molecule has 12 rings (SSSR count). The van der Waals surface area contributed by atoms with Gasteiger partial charge in [-0.25, -0.2) is 4.98 Å². The zero-order valence-electron chi connectivity index (χ0n) is 29.5. The smallest absolute Gasteiger partial charge is 0.228 e. The monoisotopic (exact) mass is 702 g/mol. The zero-order valence-corrected chi connectivity index (χ0v) is 29.5. The second kappa shape index (κ2) is 11.5. The summed E-state index contributed by atoms with van der Waals surface area (Å²) in [6.07, 6.45) is 0. The van der Waals surface area contributed by atoms with Gasteiger partial charge in [0.05, 0.1) is 5.69 Å². The summed E-state index contributed by atoms with van der Waals surface area (Å²) in [5.74, 6) is 0.581. The topological polar surface area (TPSA) is 42.4 Å². The first-order valence-corrected chi connectivity index (χ1v) is 18.6. The number of oxazole rings is 1. The molecule has 0 saturated carbocycles. The van der Waals surface area contributed by atoms with Crippen molar-refractivity contribution in [1.82, 2.24) is 4.98 Å². The van der Waals surface area contributed by atoms with E-state index in [0.29, 0.717) is 5.89 Å². The molecule has 0 fully saturated rings. The minimum Gasteiger partial charge on any atom is -0.456 e. The van der Waals surface area contributed by atoms with Crippen molar-refractivity contribution < 1.29 is 8.83 Å². The summed E-state index contributed by atoms with van der Waals surface area (Å²) in [5, 5.41) is 14.0. The number of fused-ring (bicyclic) bond motifs is 12. The maximum Gasteiger partial charge on any atom is 0.228 e. The van der Waals surface area contributed by atoms with E-state index in [9.17, 15) is 0 Å². The van der Waals surface area contributed by atoms with Crippen molar-refractivity contribution in [2.24, 2.45) is 0 Å². The molecular formula is C51H30N2O2. The van der Waals surface area contributed by atoms with Crippen LogP contribution < -0.4 is 4.90 Å². The molecule has 0 N–H and O–H groups in total. The van der Waals surface area contributed by atoms with Crippen molar-refractivity contribution in [3.63, 3.8) is 0 Å². The van der Waals surface area contributed by atoms with Crippen LogP contribution in [0.2, 0.25) is 0 Å². The minimum atomic E-state index is 0.581. The van der Waals surface area contributed by atoms with E-state index in [0.717, 1.165) is 66.4 Å². The van der Waals surface area contributed by atoms with Crippen LogP contribution in [0, 0.1) is 0 Å². The van der Waals surface area contributed by atoms with Crippen LogP contribution >= 0.6 is 0 Å². The van der Waals surface area contributed by atoms with Crippen LogP contribution in [0.3, 0.4) is 0 Å². The Bertz CT molecular complexity index is 3520. The van der Waals surface area contributed by atoms with Crippen LogP contribution in [-0.4, -0.2) is 4.98 Å². The van der Waals surface area contributed by atoms with Gasteiger partial charge < -0.3 is 13.7 Å². The van der Waals surface area contributed by atoms with Crippen molar-refractivity contribution in [2.45, 2.75) is 0 Å². The number of hydrogen-bond acceptors (Lipinski definition) is 4. The predicted octanol–water partition coefficient (Wildman–Crippen LogP) is 14.6. The van der Waals surface area contributed by atoms with Crippen LogP contribution in [-0.2, 0) is 0 Å². The van der Waals surface area contributed by atoms with Gasteiger partial charge in [0.1, 0.15) is 16.7 Å². The first-order valence-electron chi connectivity index (χ1n) is 18.6. The molecule has 0 unspecified atom stereocenters. The summed E-state index contributed by atoms with van der Waals surface area (Å²) in [5.41, 5.74) is 7.29. The maximum absolute atomic E-state index is 6.68. The van der Waals surface area contributed by atoms with E-state index in [1.807, 2.05) is 30.3 Å². The van der Waals surface area contributed by atoms with Gasteiger partial charge in [-0.1, -0.05) is 127 Å². The number of hydrogen-bond donors (Lipinski definition) is 0. The molecule has 0 aliphatic rings.